The van der Waals surface area contributed by atoms with Gasteiger partial charge in [-0.15, -0.1) is 0 Å². The van der Waals surface area contributed by atoms with E-state index < -0.39 is 0 Å². The second kappa shape index (κ2) is 4.29. The molecule has 0 fully saturated rings. The van der Waals surface area contributed by atoms with E-state index in [0.29, 0.717) is 5.41 Å². The summed E-state index contributed by atoms with van der Waals surface area (Å²) in [6, 6.07) is 2.21. The maximum Gasteiger partial charge on any atom is 0.0441 e. The molecule has 1 aromatic rings. The van der Waals surface area contributed by atoms with E-state index in [-0.39, 0.29) is 6.04 Å². The van der Waals surface area contributed by atoms with Gasteiger partial charge in [-0.3, -0.25) is 0 Å². The van der Waals surface area contributed by atoms with Gasteiger partial charge >= 0.3 is 0 Å². The molecule has 1 unspecified atom stereocenters. The fourth-order valence-electron chi connectivity index (χ4n) is 3.05. The van der Waals surface area contributed by atoms with Crippen molar-refractivity contribution in [3.63, 3.8) is 0 Å². The van der Waals surface area contributed by atoms with Gasteiger partial charge in [0.05, 0.1) is 0 Å². The second-order valence-electron chi connectivity index (χ2n) is 6.17. The lowest BCUT2D eigenvalue weighted by Gasteiger charge is -2.25. The second-order valence-corrected chi connectivity index (χ2v) is 6.57. The number of hydrogen-bond donors (Lipinski definition) is 1. The van der Waals surface area contributed by atoms with Crippen LogP contribution in [0.1, 0.15) is 55.0 Å². The number of fused-ring (bicyclic) bond motifs is 1. The molecule has 0 aliphatic heterocycles. The van der Waals surface area contributed by atoms with E-state index in [0.717, 1.165) is 17.9 Å². The van der Waals surface area contributed by atoms with Gasteiger partial charge in [0, 0.05) is 11.1 Å². The molecule has 0 amide bonds. The van der Waals surface area contributed by atoms with Crippen LogP contribution in [0.2, 0.25) is 5.02 Å². The number of aryl methyl sites for hydroxylation is 1. The highest BCUT2D eigenvalue weighted by molar-refractivity contribution is 6.31. The van der Waals surface area contributed by atoms with Crippen LogP contribution in [-0.4, -0.2) is 0 Å². The van der Waals surface area contributed by atoms with Crippen molar-refractivity contribution in [2.45, 2.75) is 53.0 Å². The van der Waals surface area contributed by atoms with E-state index in [4.69, 9.17) is 17.3 Å². The first-order valence-electron chi connectivity index (χ1n) is 6.36. The minimum atomic E-state index is 0.125. The van der Waals surface area contributed by atoms with Gasteiger partial charge in [0.2, 0.25) is 0 Å². The van der Waals surface area contributed by atoms with Crippen LogP contribution >= 0.6 is 11.6 Å². The Labute approximate surface area is 109 Å². The minimum Gasteiger partial charge on any atom is -0.324 e. The summed E-state index contributed by atoms with van der Waals surface area (Å²) in [4.78, 5) is 0. The lowest BCUT2D eigenvalue weighted by molar-refractivity contribution is 0.293. The molecule has 0 aromatic heterocycles. The highest BCUT2D eigenvalue weighted by atomic mass is 35.5. The van der Waals surface area contributed by atoms with Crippen molar-refractivity contribution >= 4 is 11.6 Å². The average Bonchev–Trinajstić information content (AvgIpc) is 2.31. The van der Waals surface area contributed by atoms with Crippen LogP contribution in [0.4, 0.5) is 0 Å². The van der Waals surface area contributed by atoms with Gasteiger partial charge in [0.25, 0.3) is 0 Å². The van der Waals surface area contributed by atoms with Crippen LogP contribution in [0.5, 0.6) is 0 Å². The molecule has 0 saturated carbocycles. The molecule has 1 aliphatic rings. The highest BCUT2D eigenvalue weighted by Gasteiger charge is 2.29. The van der Waals surface area contributed by atoms with Crippen LogP contribution in [-0.2, 0) is 6.42 Å². The van der Waals surface area contributed by atoms with Gasteiger partial charge in [-0.1, -0.05) is 25.4 Å². The van der Waals surface area contributed by atoms with Gasteiger partial charge in [0.1, 0.15) is 0 Å². The quantitative estimate of drug-likeness (QED) is 0.683. The fourth-order valence-corrected chi connectivity index (χ4v) is 3.31. The van der Waals surface area contributed by atoms with E-state index >= 15 is 0 Å². The number of rotatable bonds is 0. The smallest absolute Gasteiger partial charge is 0.0441 e. The van der Waals surface area contributed by atoms with Gasteiger partial charge in [-0.25, -0.2) is 0 Å². The summed E-state index contributed by atoms with van der Waals surface area (Å²) < 4.78 is 0. The first kappa shape index (κ1) is 12.9. The van der Waals surface area contributed by atoms with Crippen molar-refractivity contribution in [2.24, 2.45) is 11.1 Å². The number of hydrogen-bond acceptors (Lipinski definition) is 1. The molecule has 0 saturated heterocycles. The standard InChI is InChI=1S/C15H22ClN/c1-9-7-12(16)10(2)14-11(9)5-6-15(3,4)8-13(14)17/h7,13H,5-6,8,17H2,1-4H3. The normalized spacial score (nSPS) is 23.1. The summed E-state index contributed by atoms with van der Waals surface area (Å²) in [5, 5.41) is 0.858. The predicted octanol–water partition coefficient (Wildman–Crippen LogP) is 4.32. The Kier molecular flexibility index (Phi) is 3.26. The van der Waals surface area contributed by atoms with Gasteiger partial charge < -0.3 is 5.73 Å². The molecule has 0 heterocycles. The minimum absolute atomic E-state index is 0.125. The Morgan fingerprint density at radius 3 is 2.65 bits per heavy atom. The molecule has 94 valence electrons. The van der Waals surface area contributed by atoms with Crippen LogP contribution in [0.3, 0.4) is 0 Å². The third kappa shape index (κ3) is 2.36. The van der Waals surface area contributed by atoms with Gasteiger partial charge in [-0.05, 0) is 66.8 Å². The Hall–Kier alpha value is -0.530. The summed E-state index contributed by atoms with van der Waals surface area (Å²) in [6.07, 6.45) is 3.37. The third-order valence-corrected chi connectivity index (χ3v) is 4.49. The first-order valence-corrected chi connectivity index (χ1v) is 6.74. The highest BCUT2D eigenvalue weighted by Crippen LogP contribution is 2.41. The van der Waals surface area contributed by atoms with Crippen molar-refractivity contribution in [3.8, 4) is 0 Å². The molecule has 1 aliphatic carbocycles. The summed E-state index contributed by atoms with van der Waals surface area (Å²) in [5.41, 5.74) is 11.9. The van der Waals surface area contributed by atoms with E-state index in [9.17, 15) is 0 Å². The van der Waals surface area contributed by atoms with Crippen LogP contribution in [0, 0.1) is 19.3 Å². The average molecular weight is 252 g/mol. The van der Waals surface area contributed by atoms with Crippen molar-refractivity contribution in [3.05, 3.63) is 33.3 Å². The molecule has 1 nitrogen and oxygen atoms in total. The molecule has 2 N–H and O–H groups in total. The molecule has 0 spiro atoms. The van der Waals surface area contributed by atoms with Crippen molar-refractivity contribution in [2.75, 3.05) is 0 Å². The molecule has 0 bridgehead atoms. The van der Waals surface area contributed by atoms with Crippen LogP contribution in [0.15, 0.2) is 6.07 Å². The maximum atomic E-state index is 6.40. The topological polar surface area (TPSA) is 26.0 Å². The third-order valence-electron chi connectivity index (χ3n) is 4.10. The van der Waals surface area contributed by atoms with E-state index in [1.165, 1.54) is 28.7 Å². The molecular weight excluding hydrogens is 230 g/mol. The van der Waals surface area contributed by atoms with Gasteiger partial charge in [0.15, 0.2) is 0 Å². The van der Waals surface area contributed by atoms with Crippen molar-refractivity contribution < 1.29 is 0 Å². The molecular formula is C15H22ClN. The summed E-state index contributed by atoms with van der Waals surface area (Å²) in [6.45, 7) is 8.87. The van der Waals surface area contributed by atoms with Crippen molar-refractivity contribution in [1.82, 2.24) is 0 Å². The molecule has 17 heavy (non-hydrogen) atoms. The van der Waals surface area contributed by atoms with Crippen LogP contribution < -0.4 is 5.73 Å². The Bertz CT molecular complexity index is 449. The molecule has 2 rings (SSSR count). The lowest BCUT2D eigenvalue weighted by atomic mass is 9.83. The van der Waals surface area contributed by atoms with Crippen molar-refractivity contribution in [1.29, 1.82) is 0 Å². The Morgan fingerprint density at radius 2 is 2.00 bits per heavy atom. The molecule has 0 radical (unpaired) electrons. The fraction of sp³-hybridized carbons (Fsp3) is 0.600. The SMILES string of the molecule is Cc1cc(Cl)c(C)c2c1CCC(C)(C)CC2N. The maximum absolute atomic E-state index is 6.40. The lowest BCUT2D eigenvalue weighted by Crippen LogP contribution is -2.20. The number of halogens is 1. The monoisotopic (exact) mass is 251 g/mol. The van der Waals surface area contributed by atoms with E-state index in [1.54, 1.807) is 0 Å². The Morgan fingerprint density at radius 1 is 1.35 bits per heavy atom. The zero-order valence-corrected chi connectivity index (χ0v) is 12.0. The Balaban J connectivity index is 2.59. The largest absolute Gasteiger partial charge is 0.324 e. The van der Waals surface area contributed by atoms with Crippen LogP contribution in [0.25, 0.3) is 0 Å². The number of nitrogens with two attached hydrogens (primary N) is 1. The summed E-state index contributed by atoms with van der Waals surface area (Å²) >= 11 is 6.29. The van der Waals surface area contributed by atoms with E-state index in [1.807, 2.05) is 0 Å². The first-order chi connectivity index (χ1) is 7.82. The predicted molar refractivity (Wildman–Crippen MR) is 74.6 cm³/mol. The summed E-state index contributed by atoms with van der Waals surface area (Å²) in [7, 11) is 0. The zero-order chi connectivity index (χ0) is 12.8. The molecule has 1 aromatic carbocycles. The number of benzene rings is 1. The zero-order valence-electron chi connectivity index (χ0n) is 11.2. The molecule has 2 heteroatoms. The summed E-state index contributed by atoms with van der Waals surface area (Å²) in [5.74, 6) is 0. The van der Waals surface area contributed by atoms with Gasteiger partial charge in [-0.2, -0.15) is 0 Å². The van der Waals surface area contributed by atoms with E-state index in [2.05, 4.69) is 33.8 Å². The molecule has 1 atom stereocenters.